The van der Waals surface area contributed by atoms with Gasteiger partial charge in [0.25, 0.3) is 0 Å². The van der Waals surface area contributed by atoms with Gasteiger partial charge in [-0.15, -0.1) is 0 Å². The van der Waals surface area contributed by atoms with E-state index in [1.165, 1.54) is 6.92 Å². The molecule has 0 N–H and O–H groups in total. The fourth-order valence-corrected chi connectivity index (χ4v) is 2.50. The summed E-state index contributed by atoms with van der Waals surface area (Å²) < 4.78 is 35.7. The lowest BCUT2D eigenvalue weighted by Crippen LogP contribution is -2.23. The van der Waals surface area contributed by atoms with Crippen molar-refractivity contribution in [2.45, 2.75) is 22.8 Å². The van der Waals surface area contributed by atoms with E-state index in [-0.39, 0.29) is 5.92 Å². The van der Waals surface area contributed by atoms with Crippen molar-refractivity contribution in [1.29, 1.82) is 0 Å². The summed E-state index contributed by atoms with van der Waals surface area (Å²) in [7, 11) is 0. The van der Waals surface area contributed by atoms with Crippen LogP contribution in [-0.2, 0) is 0 Å². The number of alkyl halides is 5. The second kappa shape index (κ2) is 2.62. The standard InChI is InChI=1S/C6H7Br2F3/c1-3(6(9,10)11)4-2-5(4,7)8/h3-4H,2H2,1H3. The zero-order valence-corrected chi connectivity index (χ0v) is 8.92. The second-order valence-electron chi connectivity index (χ2n) is 2.90. The van der Waals surface area contributed by atoms with Gasteiger partial charge in [0.2, 0.25) is 0 Å². The van der Waals surface area contributed by atoms with E-state index in [1.54, 1.807) is 0 Å². The van der Waals surface area contributed by atoms with Crippen LogP contribution in [0.1, 0.15) is 13.3 Å². The monoisotopic (exact) mass is 294 g/mol. The molecule has 0 aliphatic heterocycles. The molecule has 1 rings (SSSR count). The topological polar surface area (TPSA) is 0 Å². The molecule has 0 amide bonds. The Morgan fingerprint density at radius 2 is 1.82 bits per heavy atom. The first-order valence-electron chi connectivity index (χ1n) is 3.19. The summed E-state index contributed by atoms with van der Waals surface area (Å²) in [6.07, 6.45) is -3.51. The SMILES string of the molecule is CC(C1CC1(Br)Br)C(F)(F)F. The minimum Gasteiger partial charge on any atom is -0.171 e. The first-order valence-corrected chi connectivity index (χ1v) is 4.78. The van der Waals surface area contributed by atoms with Crippen LogP contribution in [0.4, 0.5) is 13.2 Å². The molecule has 1 fully saturated rings. The maximum atomic E-state index is 12.0. The van der Waals surface area contributed by atoms with E-state index in [9.17, 15) is 13.2 Å². The third kappa shape index (κ3) is 2.11. The van der Waals surface area contributed by atoms with Crippen LogP contribution in [-0.4, -0.2) is 9.41 Å². The van der Waals surface area contributed by atoms with Crippen LogP contribution < -0.4 is 0 Å². The molecule has 0 aromatic heterocycles. The molecule has 1 aliphatic carbocycles. The van der Waals surface area contributed by atoms with Crippen molar-refractivity contribution < 1.29 is 13.2 Å². The maximum Gasteiger partial charge on any atom is 0.391 e. The molecule has 0 heterocycles. The highest BCUT2D eigenvalue weighted by atomic mass is 79.9. The third-order valence-electron chi connectivity index (χ3n) is 1.99. The van der Waals surface area contributed by atoms with E-state index in [4.69, 9.17) is 0 Å². The second-order valence-corrected chi connectivity index (χ2v) is 6.80. The Bertz CT molecular complexity index is 164. The summed E-state index contributed by atoms with van der Waals surface area (Å²) in [5.41, 5.74) is 0. The highest BCUT2D eigenvalue weighted by Crippen LogP contribution is 2.62. The van der Waals surface area contributed by atoms with Crippen LogP contribution in [0.15, 0.2) is 0 Å². The minimum atomic E-state index is -4.06. The lowest BCUT2D eigenvalue weighted by molar-refractivity contribution is -0.174. The molecule has 5 heteroatoms. The molecule has 0 bridgehead atoms. The van der Waals surface area contributed by atoms with Crippen molar-refractivity contribution in [2.24, 2.45) is 11.8 Å². The fraction of sp³-hybridized carbons (Fsp3) is 1.00. The molecule has 11 heavy (non-hydrogen) atoms. The predicted molar refractivity (Wildman–Crippen MR) is 43.9 cm³/mol. The number of hydrogen-bond donors (Lipinski definition) is 0. The Hall–Kier alpha value is 0.750. The molecule has 0 saturated heterocycles. The average Bonchev–Trinajstić information content (AvgIpc) is 2.36. The van der Waals surface area contributed by atoms with Crippen LogP contribution in [0.25, 0.3) is 0 Å². The first-order chi connectivity index (χ1) is 4.75. The van der Waals surface area contributed by atoms with E-state index >= 15 is 0 Å². The summed E-state index contributed by atoms with van der Waals surface area (Å²) in [5, 5.41) is 0. The Labute approximate surface area is 79.8 Å². The molecular weight excluding hydrogens is 289 g/mol. The summed E-state index contributed by atoms with van der Waals surface area (Å²) in [6.45, 7) is 1.22. The Kier molecular flexibility index (Phi) is 2.34. The molecule has 66 valence electrons. The summed E-state index contributed by atoms with van der Waals surface area (Å²) in [6, 6.07) is 0. The molecular formula is C6H7Br2F3. The summed E-state index contributed by atoms with van der Waals surface area (Å²) >= 11 is 6.32. The van der Waals surface area contributed by atoms with Gasteiger partial charge in [0.1, 0.15) is 0 Å². The lowest BCUT2D eigenvalue weighted by Gasteiger charge is -2.15. The van der Waals surface area contributed by atoms with Gasteiger partial charge in [0.15, 0.2) is 0 Å². The maximum absolute atomic E-state index is 12.0. The Morgan fingerprint density at radius 3 is 1.91 bits per heavy atom. The minimum absolute atomic E-state index is 0.317. The van der Waals surface area contributed by atoms with E-state index < -0.39 is 15.3 Å². The van der Waals surface area contributed by atoms with Gasteiger partial charge < -0.3 is 0 Å². The van der Waals surface area contributed by atoms with Crippen LogP contribution in [0.2, 0.25) is 0 Å². The molecule has 1 aliphatic rings. The number of halogens is 5. The van der Waals surface area contributed by atoms with Gasteiger partial charge in [0.05, 0.1) is 9.15 Å². The Balaban J connectivity index is 2.52. The normalized spacial score (nSPS) is 31.6. The van der Waals surface area contributed by atoms with E-state index in [0.717, 1.165) is 0 Å². The average molecular weight is 296 g/mol. The largest absolute Gasteiger partial charge is 0.391 e. The highest BCUT2D eigenvalue weighted by molar-refractivity contribution is 9.25. The number of rotatable bonds is 1. The van der Waals surface area contributed by atoms with Gasteiger partial charge in [-0.05, 0) is 12.3 Å². The van der Waals surface area contributed by atoms with Gasteiger partial charge in [0, 0.05) is 0 Å². The third-order valence-corrected chi connectivity index (χ3v) is 3.82. The van der Waals surface area contributed by atoms with Crippen molar-refractivity contribution >= 4 is 31.9 Å². The molecule has 2 unspecified atom stereocenters. The molecule has 0 aromatic rings. The highest BCUT2D eigenvalue weighted by Gasteiger charge is 2.59. The lowest BCUT2D eigenvalue weighted by atomic mass is 10.1. The summed E-state index contributed by atoms with van der Waals surface area (Å²) in [5.74, 6) is -1.54. The quantitative estimate of drug-likeness (QED) is 0.647. The smallest absolute Gasteiger partial charge is 0.171 e. The van der Waals surface area contributed by atoms with Crippen molar-refractivity contribution in [2.75, 3.05) is 0 Å². The van der Waals surface area contributed by atoms with Gasteiger partial charge in [-0.3, -0.25) is 0 Å². The van der Waals surface area contributed by atoms with Gasteiger partial charge in [-0.2, -0.15) is 13.2 Å². The van der Waals surface area contributed by atoms with Crippen LogP contribution >= 0.6 is 31.9 Å². The van der Waals surface area contributed by atoms with Crippen LogP contribution in [0.3, 0.4) is 0 Å². The fourth-order valence-electron chi connectivity index (χ4n) is 1.00. The molecule has 0 aromatic carbocycles. The predicted octanol–water partition coefficient (Wildman–Crippen LogP) is 3.69. The van der Waals surface area contributed by atoms with Crippen molar-refractivity contribution in [3.05, 3.63) is 0 Å². The van der Waals surface area contributed by atoms with E-state index in [2.05, 4.69) is 31.9 Å². The molecule has 2 atom stereocenters. The summed E-state index contributed by atoms with van der Waals surface area (Å²) in [4.78, 5) is 0. The van der Waals surface area contributed by atoms with E-state index in [1.807, 2.05) is 0 Å². The first kappa shape index (κ1) is 9.84. The van der Waals surface area contributed by atoms with Gasteiger partial charge >= 0.3 is 6.18 Å². The molecule has 0 nitrogen and oxygen atoms in total. The van der Waals surface area contributed by atoms with E-state index in [0.29, 0.717) is 6.42 Å². The number of hydrogen-bond acceptors (Lipinski definition) is 0. The zero-order valence-electron chi connectivity index (χ0n) is 5.75. The van der Waals surface area contributed by atoms with Crippen LogP contribution in [0, 0.1) is 11.8 Å². The van der Waals surface area contributed by atoms with Crippen molar-refractivity contribution in [3.8, 4) is 0 Å². The van der Waals surface area contributed by atoms with Gasteiger partial charge in [-0.25, -0.2) is 0 Å². The molecule has 0 spiro atoms. The molecule has 0 radical (unpaired) electrons. The zero-order chi connectivity index (χ0) is 8.86. The van der Waals surface area contributed by atoms with Crippen molar-refractivity contribution in [1.82, 2.24) is 0 Å². The van der Waals surface area contributed by atoms with Crippen LogP contribution in [0.5, 0.6) is 0 Å². The van der Waals surface area contributed by atoms with Crippen molar-refractivity contribution in [3.63, 3.8) is 0 Å². The Morgan fingerprint density at radius 1 is 1.45 bits per heavy atom. The molecule has 1 saturated carbocycles. The van der Waals surface area contributed by atoms with Gasteiger partial charge in [-0.1, -0.05) is 38.8 Å².